The maximum Gasteiger partial charge on any atom is 0.144 e. The van der Waals surface area contributed by atoms with E-state index in [1.54, 1.807) is 18.3 Å². The van der Waals surface area contributed by atoms with E-state index in [1.807, 2.05) is 11.4 Å². The number of rotatable bonds is 3. The molecule has 8 heteroatoms. The molecule has 3 rings (SSSR count). The highest BCUT2D eigenvalue weighted by atomic mass is 35.5. The molecule has 1 N–H and O–H groups in total. The molecule has 0 amide bonds. The van der Waals surface area contributed by atoms with Crippen molar-refractivity contribution in [2.75, 3.05) is 0 Å². The van der Waals surface area contributed by atoms with Crippen LogP contribution in [0.15, 0.2) is 39.8 Å². The molecular weight excluding hydrogens is 323 g/mol. The molecule has 1 aromatic carbocycles. The topological polar surface area (TPSA) is 54.5 Å². The van der Waals surface area contributed by atoms with E-state index < -0.39 is 0 Å². The highest BCUT2D eigenvalue weighted by molar-refractivity contribution is 7.99. The van der Waals surface area contributed by atoms with Crippen LogP contribution in [0, 0.1) is 0 Å². The minimum Gasteiger partial charge on any atom is -0.229 e. The summed E-state index contributed by atoms with van der Waals surface area (Å²) in [6.07, 6.45) is 1.65. The normalized spacial score (nSPS) is 10.8. The van der Waals surface area contributed by atoms with Crippen LogP contribution >= 0.6 is 46.3 Å². The van der Waals surface area contributed by atoms with E-state index >= 15 is 0 Å². The van der Waals surface area contributed by atoms with Gasteiger partial charge in [-0.25, -0.2) is 4.98 Å². The first-order valence-electron chi connectivity index (χ1n) is 5.17. The number of nitrogens with one attached hydrogen (secondary N) is 1. The molecule has 0 fully saturated rings. The summed E-state index contributed by atoms with van der Waals surface area (Å²) < 4.78 is 0. The van der Waals surface area contributed by atoms with Gasteiger partial charge in [0.2, 0.25) is 0 Å². The zero-order valence-corrected chi connectivity index (χ0v) is 12.4. The van der Waals surface area contributed by atoms with E-state index in [4.69, 9.17) is 23.2 Å². The monoisotopic (exact) mass is 328 g/mol. The van der Waals surface area contributed by atoms with Crippen LogP contribution in [0.2, 0.25) is 10.0 Å². The molecular formula is C11H6Cl2N4S2. The molecule has 0 aliphatic heterocycles. The van der Waals surface area contributed by atoms with Gasteiger partial charge in [-0.1, -0.05) is 23.2 Å². The number of hydrogen-bond acceptors (Lipinski definition) is 5. The fourth-order valence-corrected chi connectivity index (χ4v) is 3.65. The molecule has 19 heavy (non-hydrogen) atoms. The molecule has 0 saturated carbocycles. The van der Waals surface area contributed by atoms with Crippen molar-refractivity contribution in [2.45, 2.75) is 10.1 Å². The highest BCUT2D eigenvalue weighted by Crippen LogP contribution is 2.35. The third kappa shape index (κ3) is 2.92. The lowest BCUT2D eigenvalue weighted by molar-refractivity contribution is 0.910. The number of aromatic amines is 1. The Morgan fingerprint density at radius 2 is 2.11 bits per heavy atom. The van der Waals surface area contributed by atoms with Crippen molar-refractivity contribution in [1.82, 2.24) is 20.4 Å². The maximum atomic E-state index is 6.16. The number of nitrogens with zero attached hydrogens (tertiary/aromatic N) is 3. The first-order valence-corrected chi connectivity index (χ1v) is 7.62. The summed E-state index contributed by atoms with van der Waals surface area (Å²) in [5, 5.41) is 15.9. The minimum absolute atomic E-state index is 0.597. The van der Waals surface area contributed by atoms with Crippen molar-refractivity contribution in [3.63, 3.8) is 0 Å². The zero-order valence-electron chi connectivity index (χ0n) is 9.30. The summed E-state index contributed by atoms with van der Waals surface area (Å²) in [6.45, 7) is 0. The predicted octanol–water partition coefficient (Wildman–Crippen LogP) is 4.39. The molecule has 0 atom stereocenters. The first-order chi connectivity index (χ1) is 9.22. The van der Waals surface area contributed by atoms with Crippen LogP contribution in [0.3, 0.4) is 0 Å². The molecule has 0 spiro atoms. The van der Waals surface area contributed by atoms with Gasteiger partial charge in [-0.3, -0.25) is 0 Å². The van der Waals surface area contributed by atoms with E-state index in [-0.39, 0.29) is 0 Å². The van der Waals surface area contributed by atoms with Gasteiger partial charge >= 0.3 is 0 Å². The van der Waals surface area contributed by atoms with Gasteiger partial charge in [0, 0.05) is 16.0 Å². The maximum absolute atomic E-state index is 6.16. The summed E-state index contributed by atoms with van der Waals surface area (Å²) in [5.74, 6) is 0. The van der Waals surface area contributed by atoms with Crippen molar-refractivity contribution in [1.29, 1.82) is 0 Å². The molecule has 2 heterocycles. The molecule has 2 aromatic heterocycles. The zero-order chi connectivity index (χ0) is 13.2. The Labute approximate surface area is 127 Å². The third-order valence-electron chi connectivity index (χ3n) is 2.25. The number of halogens is 2. The van der Waals surface area contributed by atoms with Gasteiger partial charge in [-0.05, 0) is 30.0 Å². The molecule has 0 unspecified atom stereocenters. The van der Waals surface area contributed by atoms with E-state index in [2.05, 4.69) is 20.4 Å². The van der Waals surface area contributed by atoms with Crippen molar-refractivity contribution in [3.05, 3.63) is 39.8 Å². The average Bonchev–Trinajstić information content (AvgIpc) is 3.01. The quantitative estimate of drug-likeness (QED) is 0.774. The fourth-order valence-electron chi connectivity index (χ4n) is 1.44. The molecule has 3 aromatic rings. The molecule has 4 nitrogen and oxygen atoms in total. The second-order valence-electron chi connectivity index (χ2n) is 3.53. The lowest BCUT2D eigenvalue weighted by Gasteiger charge is -2.00. The second kappa shape index (κ2) is 5.50. The van der Waals surface area contributed by atoms with Gasteiger partial charge in [-0.2, -0.15) is 10.3 Å². The largest absolute Gasteiger partial charge is 0.229 e. The van der Waals surface area contributed by atoms with E-state index in [9.17, 15) is 0 Å². The minimum atomic E-state index is 0.597. The van der Waals surface area contributed by atoms with Crippen molar-refractivity contribution < 1.29 is 0 Å². The van der Waals surface area contributed by atoms with Crippen molar-refractivity contribution in [3.8, 4) is 10.6 Å². The number of H-pyrrole nitrogens is 1. The van der Waals surface area contributed by atoms with Gasteiger partial charge in [-0.15, -0.1) is 16.4 Å². The van der Waals surface area contributed by atoms with Gasteiger partial charge in [0.1, 0.15) is 15.1 Å². The number of thiazole rings is 1. The summed E-state index contributed by atoms with van der Waals surface area (Å²) >= 11 is 15.0. The van der Waals surface area contributed by atoms with E-state index in [0.717, 1.165) is 20.6 Å². The highest BCUT2D eigenvalue weighted by Gasteiger charge is 2.10. The average molecular weight is 329 g/mol. The summed E-state index contributed by atoms with van der Waals surface area (Å²) in [6, 6.07) is 5.38. The van der Waals surface area contributed by atoms with Crippen LogP contribution in [0.25, 0.3) is 10.6 Å². The van der Waals surface area contributed by atoms with Crippen molar-refractivity contribution >= 4 is 46.3 Å². The van der Waals surface area contributed by atoms with Gasteiger partial charge in [0.25, 0.3) is 0 Å². The molecule has 0 radical (unpaired) electrons. The fraction of sp³-hybridized carbons (Fsp3) is 0. The van der Waals surface area contributed by atoms with Gasteiger partial charge < -0.3 is 0 Å². The van der Waals surface area contributed by atoms with Crippen LogP contribution < -0.4 is 0 Å². The molecule has 0 saturated heterocycles. The summed E-state index contributed by atoms with van der Waals surface area (Å²) in [4.78, 5) is 4.52. The van der Waals surface area contributed by atoms with Crippen LogP contribution in [0.1, 0.15) is 0 Å². The standard InChI is InChI=1S/C11H6Cl2N4S2/c12-6-1-2-7(8(13)3-6)11-15-10(5-18-11)19-9-4-14-17-16-9/h1-5H,(H,14,16,17). The van der Waals surface area contributed by atoms with Crippen LogP contribution in [0.4, 0.5) is 0 Å². The summed E-state index contributed by atoms with van der Waals surface area (Å²) in [7, 11) is 0. The number of benzene rings is 1. The van der Waals surface area contributed by atoms with Crippen molar-refractivity contribution in [2.24, 2.45) is 0 Å². The lowest BCUT2D eigenvalue weighted by atomic mass is 10.2. The molecule has 0 bridgehead atoms. The molecule has 0 aliphatic rings. The van der Waals surface area contributed by atoms with Gasteiger partial charge in [0.15, 0.2) is 0 Å². The van der Waals surface area contributed by atoms with Crippen LogP contribution in [-0.2, 0) is 0 Å². The molecule has 0 aliphatic carbocycles. The van der Waals surface area contributed by atoms with Gasteiger partial charge in [0.05, 0.1) is 11.2 Å². The van der Waals surface area contributed by atoms with E-state index in [0.29, 0.717) is 10.0 Å². The lowest BCUT2D eigenvalue weighted by Crippen LogP contribution is -1.79. The van der Waals surface area contributed by atoms with Crippen LogP contribution in [-0.4, -0.2) is 20.4 Å². The van der Waals surface area contributed by atoms with E-state index in [1.165, 1.54) is 23.1 Å². The Bertz CT molecular complexity index is 697. The SMILES string of the molecule is Clc1ccc(-c2nc(Sc3cn[nH]n3)cs2)c(Cl)c1. The first kappa shape index (κ1) is 12.9. The summed E-state index contributed by atoms with van der Waals surface area (Å²) in [5.41, 5.74) is 0.878. The second-order valence-corrected chi connectivity index (χ2v) is 6.27. The Morgan fingerprint density at radius 3 is 2.84 bits per heavy atom. The van der Waals surface area contributed by atoms with Crippen LogP contribution in [0.5, 0.6) is 0 Å². The Hall–Kier alpha value is -1.08. The third-order valence-corrected chi connectivity index (χ3v) is 4.64. The Morgan fingerprint density at radius 1 is 1.21 bits per heavy atom. The Balaban J connectivity index is 1.88. The Kier molecular flexibility index (Phi) is 3.74. The predicted molar refractivity (Wildman–Crippen MR) is 78.1 cm³/mol. The molecule has 96 valence electrons. The smallest absolute Gasteiger partial charge is 0.144 e. The number of hydrogen-bond donors (Lipinski definition) is 1. The number of aromatic nitrogens is 4.